The van der Waals surface area contributed by atoms with Crippen molar-refractivity contribution in [3.8, 4) is 0 Å². The van der Waals surface area contributed by atoms with Gasteiger partial charge in [0, 0.05) is 17.8 Å². The van der Waals surface area contributed by atoms with Crippen LogP contribution in [0.5, 0.6) is 0 Å². The molecular formula is C18H21N5O3S. The summed E-state index contributed by atoms with van der Waals surface area (Å²) in [6, 6.07) is 0. The minimum atomic E-state index is -0.593. The van der Waals surface area contributed by atoms with E-state index in [4.69, 9.17) is 4.98 Å². The molecule has 9 heteroatoms. The molecular weight excluding hydrogens is 366 g/mol. The van der Waals surface area contributed by atoms with Crippen molar-refractivity contribution in [3.63, 3.8) is 0 Å². The highest BCUT2D eigenvalue weighted by atomic mass is 32.1. The van der Waals surface area contributed by atoms with Crippen molar-refractivity contribution in [2.24, 2.45) is 24.8 Å². The van der Waals surface area contributed by atoms with Gasteiger partial charge in [0.05, 0.1) is 10.6 Å². The molecule has 0 unspecified atom stereocenters. The second-order valence-corrected chi connectivity index (χ2v) is 9.34. The van der Waals surface area contributed by atoms with Crippen LogP contribution in [0, 0.1) is 27.9 Å². The van der Waals surface area contributed by atoms with Crippen molar-refractivity contribution in [3.05, 3.63) is 33.1 Å². The van der Waals surface area contributed by atoms with Gasteiger partial charge < -0.3 is 0 Å². The van der Waals surface area contributed by atoms with Crippen LogP contribution in [-0.4, -0.2) is 25.6 Å². The minimum absolute atomic E-state index is 0.172. The van der Waals surface area contributed by atoms with Crippen LogP contribution in [0.1, 0.15) is 54.7 Å². The van der Waals surface area contributed by atoms with Crippen molar-refractivity contribution < 1.29 is 9.72 Å². The average molecular weight is 387 g/mol. The van der Waals surface area contributed by atoms with Crippen molar-refractivity contribution in [2.45, 2.75) is 43.9 Å². The number of carbonyl (C=O) groups excluding carboxylic acids is 1. The molecule has 2 heterocycles. The summed E-state index contributed by atoms with van der Waals surface area (Å²) < 4.78 is 1.27. The Balaban J connectivity index is 1.37. The summed E-state index contributed by atoms with van der Waals surface area (Å²) in [7, 11) is 1.55. The Kier molecular flexibility index (Phi) is 3.65. The van der Waals surface area contributed by atoms with Gasteiger partial charge in [0.15, 0.2) is 5.13 Å². The summed E-state index contributed by atoms with van der Waals surface area (Å²) in [4.78, 5) is 27.7. The van der Waals surface area contributed by atoms with Crippen molar-refractivity contribution in [1.82, 2.24) is 14.8 Å². The number of nitrogens with one attached hydrogen (secondary N) is 1. The Morgan fingerprint density at radius 3 is 2.52 bits per heavy atom. The normalized spacial score (nSPS) is 31.2. The molecule has 6 rings (SSSR count). The molecule has 4 saturated carbocycles. The quantitative estimate of drug-likeness (QED) is 0.639. The third kappa shape index (κ3) is 2.75. The number of anilines is 1. The first-order valence-corrected chi connectivity index (χ1v) is 10.3. The van der Waals surface area contributed by atoms with Crippen LogP contribution in [-0.2, 0) is 12.5 Å². The molecule has 0 radical (unpaired) electrons. The molecule has 2 aromatic heterocycles. The first-order valence-electron chi connectivity index (χ1n) is 9.37. The van der Waals surface area contributed by atoms with E-state index >= 15 is 0 Å². The van der Waals surface area contributed by atoms with Crippen LogP contribution in [0.4, 0.5) is 10.8 Å². The van der Waals surface area contributed by atoms with E-state index in [0.717, 1.165) is 23.4 Å². The first-order chi connectivity index (χ1) is 12.9. The Morgan fingerprint density at radius 1 is 1.30 bits per heavy atom. The van der Waals surface area contributed by atoms with Gasteiger partial charge in [-0.05, 0) is 56.3 Å². The largest absolute Gasteiger partial charge is 0.320 e. The maximum Gasteiger partial charge on any atom is 0.320 e. The number of rotatable bonds is 4. The van der Waals surface area contributed by atoms with Gasteiger partial charge in [0.1, 0.15) is 6.20 Å². The molecule has 1 amide bonds. The van der Waals surface area contributed by atoms with E-state index in [1.165, 1.54) is 60.7 Å². The number of carbonyl (C=O) groups is 1. The first kappa shape index (κ1) is 16.9. The highest BCUT2D eigenvalue weighted by molar-refractivity contribution is 7.14. The van der Waals surface area contributed by atoms with Gasteiger partial charge in [-0.25, -0.2) is 4.98 Å². The zero-order valence-corrected chi connectivity index (χ0v) is 15.9. The van der Waals surface area contributed by atoms with Crippen LogP contribution in [0.15, 0.2) is 11.6 Å². The Labute approximate surface area is 160 Å². The van der Waals surface area contributed by atoms with Crippen LogP contribution in [0.2, 0.25) is 0 Å². The van der Waals surface area contributed by atoms with Gasteiger partial charge in [0.2, 0.25) is 5.69 Å². The fraction of sp³-hybridized carbons (Fsp3) is 0.611. The topological polar surface area (TPSA) is 103 Å². The highest BCUT2D eigenvalue weighted by Crippen LogP contribution is 2.60. The summed E-state index contributed by atoms with van der Waals surface area (Å²) in [6.45, 7) is 0. The Hall–Kier alpha value is -2.29. The number of nitro groups is 1. The summed E-state index contributed by atoms with van der Waals surface area (Å²) in [5.41, 5.74) is 0.782. The maximum absolute atomic E-state index is 12.5. The zero-order chi connectivity index (χ0) is 18.8. The fourth-order valence-electron chi connectivity index (χ4n) is 5.93. The molecule has 142 valence electrons. The molecule has 4 fully saturated rings. The molecule has 4 aliphatic rings. The molecule has 0 atom stereocenters. The lowest BCUT2D eigenvalue weighted by molar-refractivity contribution is -0.385. The Bertz CT molecular complexity index is 898. The van der Waals surface area contributed by atoms with Crippen LogP contribution < -0.4 is 5.32 Å². The van der Waals surface area contributed by atoms with Crippen LogP contribution >= 0.6 is 11.3 Å². The van der Waals surface area contributed by atoms with Crippen molar-refractivity contribution in [2.75, 3.05) is 5.32 Å². The monoisotopic (exact) mass is 387 g/mol. The average Bonchev–Trinajstić information content (AvgIpc) is 3.20. The third-order valence-electron chi connectivity index (χ3n) is 6.53. The standard InChI is InChI=1S/C18H21N5O3S/c1-22-8-13(23(25)26)15(21-22)16(24)20-17-19-14(9-27-17)18-5-10-2-11(6-18)4-12(3-10)7-18/h8-12H,2-7H2,1H3,(H,19,20,24). The molecule has 8 nitrogen and oxygen atoms in total. The number of hydrogen-bond acceptors (Lipinski definition) is 6. The van der Waals surface area contributed by atoms with Crippen LogP contribution in [0.25, 0.3) is 0 Å². The second kappa shape index (κ2) is 5.85. The van der Waals surface area contributed by atoms with Gasteiger partial charge in [-0.15, -0.1) is 11.3 Å². The maximum atomic E-state index is 12.5. The lowest BCUT2D eigenvalue weighted by Gasteiger charge is -2.56. The lowest BCUT2D eigenvalue weighted by Crippen LogP contribution is -2.48. The van der Waals surface area contributed by atoms with E-state index in [9.17, 15) is 14.9 Å². The zero-order valence-electron chi connectivity index (χ0n) is 15.1. The lowest BCUT2D eigenvalue weighted by atomic mass is 9.49. The third-order valence-corrected chi connectivity index (χ3v) is 7.29. The van der Waals surface area contributed by atoms with E-state index < -0.39 is 10.8 Å². The molecule has 0 aromatic carbocycles. The molecule has 4 bridgehead atoms. The van der Waals surface area contributed by atoms with Gasteiger partial charge >= 0.3 is 5.69 Å². The number of amides is 1. The van der Waals surface area contributed by atoms with Gasteiger partial charge in [-0.1, -0.05) is 0 Å². The summed E-state index contributed by atoms with van der Waals surface area (Å²) in [5.74, 6) is 1.89. The summed E-state index contributed by atoms with van der Waals surface area (Å²) in [6.07, 6.45) is 8.98. The van der Waals surface area contributed by atoms with E-state index in [0.29, 0.717) is 5.13 Å². The van der Waals surface area contributed by atoms with E-state index in [1.807, 2.05) is 0 Å². The number of thiazole rings is 1. The highest BCUT2D eigenvalue weighted by Gasteiger charge is 2.52. The molecule has 2 aromatic rings. The molecule has 0 aliphatic heterocycles. The number of aryl methyl sites for hydroxylation is 1. The van der Waals surface area contributed by atoms with E-state index in [2.05, 4.69) is 15.8 Å². The predicted octanol–water partition coefficient (Wildman–Crippen LogP) is 3.50. The molecule has 0 spiro atoms. The van der Waals surface area contributed by atoms with Crippen molar-refractivity contribution >= 4 is 28.1 Å². The number of nitrogens with zero attached hydrogens (tertiary/aromatic N) is 4. The predicted molar refractivity (Wildman–Crippen MR) is 99.8 cm³/mol. The minimum Gasteiger partial charge on any atom is -0.296 e. The summed E-state index contributed by atoms with van der Waals surface area (Å²) >= 11 is 1.40. The molecule has 4 aliphatic carbocycles. The number of hydrogen-bond donors (Lipinski definition) is 1. The number of aromatic nitrogens is 3. The van der Waals surface area contributed by atoms with E-state index in [1.54, 1.807) is 7.05 Å². The Morgan fingerprint density at radius 2 is 1.93 bits per heavy atom. The smallest absolute Gasteiger partial charge is 0.296 e. The molecule has 27 heavy (non-hydrogen) atoms. The van der Waals surface area contributed by atoms with Crippen LogP contribution in [0.3, 0.4) is 0 Å². The molecule has 0 saturated heterocycles. The van der Waals surface area contributed by atoms with Gasteiger partial charge in [-0.3, -0.25) is 24.9 Å². The fourth-order valence-corrected chi connectivity index (χ4v) is 6.76. The van der Waals surface area contributed by atoms with E-state index in [-0.39, 0.29) is 16.8 Å². The van der Waals surface area contributed by atoms with Crippen molar-refractivity contribution in [1.29, 1.82) is 0 Å². The summed E-state index contributed by atoms with van der Waals surface area (Å²) in [5, 5.41) is 20.3. The SMILES string of the molecule is Cn1cc([N+](=O)[O-])c(C(=O)Nc2nc(C34CC5CC(CC(C5)C3)C4)cs2)n1. The van der Waals surface area contributed by atoms with Gasteiger partial charge in [0.25, 0.3) is 5.91 Å². The molecule has 1 N–H and O–H groups in total. The van der Waals surface area contributed by atoms with Gasteiger partial charge in [-0.2, -0.15) is 5.10 Å². The second-order valence-electron chi connectivity index (χ2n) is 8.48.